The van der Waals surface area contributed by atoms with Crippen molar-refractivity contribution in [3.8, 4) is 0 Å². The molecule has 1 heteroatoms. The molecule has 0 nitrogen and oxygen atoms in total. The van der Waals surface area contributed by atoms with Crippen molar-refractivity contribution in [2.24, 2.45) is 0 Å². The number of hydrogen-bond donors (Lipinski definition) is 0. The molecule has 0 N–H and O–H groups in total. The summed E-state index contributed by atoms with van der Waals surface area (Å²) in [7, 11) is 1.28. The van der Waals surface area contributed by atoms with Crippen LogP contribution < -0.4 is 0 Å². The largest absolute Gasteiger partial charge is 0.119 e. The van der Waals surface area contributed by atoms with Crippen LogP contribution in [-0.2, 0) is 0 Å². The molecule has 0 aromatic carbocycles. The SMILES string of the molecule is C[C@@H]1CCCCP1. The third kappa shape index (κ3) is 1.78. The second kappa shape index (κ2) is 2.67. The molecule has 0 saturated carbocycles. The monoisotopic (exact) mass is 116 g/mol. The van der Waals surface area contributed by atoms with Gasteiger partial charge < -0.3 is 0 Å². The highest BCUT2D eigenvalue weighted by Crippen LogP contribution is 2.29. The van der Waals surface area contributed by atoms with E-state index in [4.69, 9.17) is 0 Å². The summed E-state index contributed by atoms with van der Waals surface area (Å²) in [6.07, 6.45) is 6.01. The molecule has 1 heterocycles. The normalized spacial score (nSPS) is 36.4. The summed E-state index contributed by atoms with van der Waals surface area (Å²) >= 11 is 0. The van der Waals surface area contributed by atoms with Gasteiger partial charge >= 0.3 is 0 Å². The Labute approximate surface area is 47.5 Å². The zero-order valence-electron chi connectivity index (χ0n) is 4.91. The smallest absolute Gasteiger partial charge is 0.0265 e. The summed E-state index contributed by atoms with van der Waals surface area (Å²) in [6, 6.07) is 0. The zero-order chi connectivity index (χ0) is 5.11. The van der Waals surface area contributed by atoms with Crippen LogP contribution in [0.4, 0.5) is 0 Å². The van der Waals surface area contributed by atoms with Crippen molar-refractivity contribution in [1.29, 1.82) is 0 Å². The molecule has 0 aromatic heterocycles. The Balaban J connectivity index is 2.12. The standard InChI is InChI=1S/C6H13P/c1-6-4-2-3-5-7-6/h6-7H,2-5H2,1H3/t6-/m1/s1. The Morgan fingerprint density at radius 3 is 2.57 bits per heavy atom. The van der Waals surface area contributed by atoms with E-state index in [2.05, 4.69) is 6.92 Å². The van der Waals surface area contributed by atoms with E-state index < -0.39 is 0 Å². The van der Waals surface area contributed by atoms with Crippen molar-refractivity contribution < 1.29 is 0 Å². The molecule has 0 amide bonds. The van der Waals surface area contributed by atoms with Crippen LogP contribution in [0.15, 0.2) is 0 Å². The molecule has 1 unspecified atom stereocenters. The molecule has 0 radical (unpaired) electrons. The van der Waals surface area contributed by atoms with Crippen LogP contribution in [0.1, 0.15) is 26.2 Å². The molecule has 0 aliphatic carbocycles. The second-order valence-electron chi connectivity index (χ2n) is 2.35. The van der Waals surface area contributed by atoms with Gasteiger partial charge in [-0.3, -0.25) is 0 Å². The van der Waals surface area contributed by atoms with Gasteiger partial charge in [-0.25, -0.2) is 0 Å². The molecule has 7 heavy (non-hydrogen) atoms. The van der Waals surface area contributed by atoms with E-state index in [1.807, 2.05) is 0 Å². The summed E-state index contributed by atoms with van der Waals surface area (Å²) in [5, 5.41) is 0. The van der Waals surface area contributed by atoms with Gasteiger partial charge in [0.25, 0.3) is 0 Å². The predicted octanol–water partition coefficient (Wildman–Crippen LogP) is 2.24. The van der Waals surface area contributed by atoms with E-state index in [9.17, 15) is 0 Å². The van der Waals surface area contributed by atoms with Gasteiger partial charge in [0.2, 0.25) is 0 Å². The fraction of sp³-hybridized carbons (Fsp3) is 1.00. The Kier molecular flexibility index (Phi) is 2.12. The quantitative estimate of drug-likeness (QED) is 0.426. The zero-order valence-corrected chi connectivity index (χ0v) is 5.91. The van der Waals surface area contributed by atoms with Crippen LogP contribution in [0.25, 0.3) is 0 Å². The van der Waals surface area contributed by atoms with Crippen LogP contribution >= 0.6 is 8.58 Å². The average molecular weight is 116 g/mol. The van der Waals surface area contributed by atoms with Crippen molar-refractivity contribution in [2.75, 3.05) is 6.16 Å². The first-order valence-electron chi connectivity index (χ1n) is 3.13. The Bertz CT molecular complexity index is 46.1. The molecule has 1 aliphatic heterocycles. The first kappa shape index (κ1) is 5.56. The van der Waals surface area contributed by atoms with Crippen molar-refractivity contribution >= 4 is 8.58 Å². The van der Waals surface area contributed by atoms with Gasteiger partial charge in [-0.15, -0.1) is 8.58 Å². The minimum Gasteiger partial charge on any atom is -0.119 e. The lowest BCUT2D eigenvalue weighted by Crippen LogP contribution is -2.00. The third-order valence-corrected chi connectivity index (χ3v) is 3.18. The molecule has 1 rings (SSSR count). The van der Waals surface area contributed by atoms with Gasteiger partial charge in [0, 0.05) is 0 Å². The summed E-state index contributed by atoms with van der Waals surface area (Å²) in [5.74, 6) is 0. The predicted molar refractivity (Wildman–Crippen MR) is 36.5 cm³/mol. The van der Waals surface area contributed by atoms with Gasteiger partial charge in [0.05, 0.1) is 0 Å². The Morgan fingerprint density at radius 2 is 2.29 bits per heavy atom. The number of hydrogen-bond acceptors (Lipinski definition) is 0. The van der Waals surface area contributed by atoms with E-state index >= 15 is 0 Å². The van der Waals surface area contributed by atoms with E-state index in [1.165, 1.54) is 34.0 Å². The van der Waals surface area contributed by atoms with Gasteiger partial charge in [-0.05, 0) is 24.7 Å². The van der Waals surface area contributed by atoms with Crippen LogP contribution in [0, 0.1) is 0 Å². The molecule has 0 bridgehead atoms. The molecule has 42 valence electrons. The molecule has 1 saturated heterocycles. The second-order valence-corrected chi connectivity index (χ2v) is 4.24. The maximum Gasteiger partial charge on any atom is -0.0265 e. The van der Waals surface area contributed by atoms with E-state index in [-0.39, 0.29) is 0 Å². The fourth-order valence-corrected chi connectivity index (χ4v) is 2.38. The van der Waals surface area contributed by atoms with Crippen molar-refractivity contribution in [3.63, 3.8) is 0 Å². The molecule has 1 aliphatic rings. The third-order valence-electron chi connectivity index (χ3n) is 1.56. The average Bonchev–Trinajstić information content (AvgIpc) is 1.69. The van der Waals surface area contributed by atoms with Crippen LogP contribution in [0.5, 0.6) is 0 Å². The van der Waals surface area contributed by atoms with Crippen LogP contribution in [0.2, 0.25) is 0 Å². The van der Waals surface area contributed by atoms with Gasteiger partial charge in [0.15, 0.2) is 0 Å². The van der Waals surface area contributed by atoms with Crippen LogP contribution in [-0.4, -0.2) is 11.8 Å². The maximum atomic E-state index is 2.37. The van der Waals surface area contributed by atoms with Gasteiger partial charge in [-0.2, -0.15) is 0 Å². The minimum atomic E-state index is 1.06. The lowest BCUT2D eigenvalue weighted by atomic mass is 10.2. The maximum absolute atomic E-state index is 2.37. The number of rotatable bonds is 0. The highest BCUT2D eigenvalue weighted by atomic mass is 31.1. The van der Waals surface area contributed by atoms with Crippen molar-refractivity contribution in [3.05, 3.63) is 0 Å². The molecule has 0 spiro atoms. The van der Waals surface area contributed by atoms with E-state index in [1.54, 1.807) is 0 Å². The molecule has 1 fully saturated rings. The molecule has 0 aromatic rings. The first-order chi connectivity index (χ1) is 3.39. The fourth-order valence-electron chi connectivity index (χ4n) is 1.03. The molecular weight excluding hydrogens is 103 g/mol. The highest BCUT2D eigenvalue weighted by Gasteiger charge is 2.05. The molecular formula is C6H13P. The molecule has 2 atom stereocenters. The minimum absolute atomic E-state index is 1.06. The Morgan fingerprint density at radius 1 is 1.43 bits per heavy atom. The van der Waals surface area contributed by atoms with Gasteiger partial charge in [0.1, 0.15) is 0 Å². The van der Waals surface area contributed by atoms with E-state index in [0.29, 0.717) is 0 Å². The summed E-state index contributed by atoms with van der Waals surface area (Å²) in [4.78, 5) is 0. The lowest BCUT2D eigenvalue weighted by molar-refractivity contribution is 0.686. The van der Waals surface area contributed by atoms with Crippen molar-refractivity contribution in [2.45, 2.75) is 31.8 Å². The lowest BCUT2D eigenvalue weighted by Gasteiger charge is -2.15. The summed E-state index contributed by atoms with van der Waals surface area (Å²) in [5.41, 5.74) is 1.06. The first-order valence-corrected chi connectivity index (χ1v) is 4.41. The summed E-state index contributed by atoms with van der Waals surface area (Å²) in [6.45, 7) is 2.37. The van der Waals surface area contributed by atoms with Crippen LogP contribution in [0.3, 0.4) is 0 Å². The highest BCUT2D eigenvalue weighted by molar-refractivity contribution is 7.38. The summed E-state index contributed by atoms with van der Waals surface area (Å²) < 4.78 is 0. The Hall–Kier alpha value is 0.430. The van der Waals surface area contributed by atoms with E-state index in [0.717, 1.165) is 5.66 Å². The van der Waals surface area contributed by atoms with Crippen molar-refractivity contribution in [1.82, 2.24) is 0 Å². The topological polar surface area (TPSA) is 0 Å². The van der Waals surface area contributed by atoms with Gasteiger partial charge in [-0.1, -0.05) is 13.3 Å².